The molecule has 0 amide bonds. The van der Waals surface area contributed by atoms with Gasteiger partial charge in [-0.05, 0) is 195 Å². The summed E-state index contributed by atoms with van der Waals surface area (Å²) < 4.78 is 39.8. The Morgan fingerprint density at radius 3 is 1.69 bits per heavy atom. The van der Waals surface area contributed by atoms with Gasteiger partial charge in [0, 0.05) is 56.4 Å². The van der Waals surface area contributed by atoms with Crippen molar-refractivity contribution in [3.05, 3.63) is 159 Å². The average Bonchev–Trinajstić information content (AvgIpc) is 4.47. The fraction of sp³-hybridized carbons (Fsp3) is 0.470. The summed E-state index contributed by atoms with van der Waals surface area (Å²) in [6.07, 6.45) is 25.6. The Morgan fingerprint density at radius 2 is 1.22 bits per heavy atom. The molecule has 2 aromatic heterocycles. The van der Waals surface area contributed by atoms with Gasteiger partial charge in [-0.15, -0.1) is 6.42 Å². The molecule has 1 saturated heterocycles. The smallest absolute Gasteiger partial charge is 1.00 e. The number of aliphatic hydroxyl groups excluding tert-OH is 2. The Bertz CT molecular complexity index is 3260. The molecule has 17 rings (SSSR count). The third-order valence-electron chi connectivity index (χ3n) is 19.4. The topological polar surface area (TPSA) is 146 Å². The van der Waals surface area contributed by atoms with Gasteiger partial charge in [0.15, 0.2) is 0 Å². The van der Waals surface area contributed by atoms with Crippen LogP contribution in [0.4, 0.5) is 8.78 Å². The van der Waals surface area contributed by atoms with Crippen molar-refractivity contribution in [3.8, 4) is 40.9 Å². The molecule has 10 nitrogen and oxygen atoms in total. The zero-order chi connectivity index (χ0) is 55.2. The monoisotopic (exact) mass is 1280 g/mol. The fourth-order valence-corrected chi connectivity index (χ4v) is 17.0. The molecule has 8 aliphatic carbocycles. The summed E-state index contributed by atoms with van der Waals surface area (Å²) in [6, 6.07) is 27.3. The second kappa shape index (κ2) is 25.5. The summed E-state index contributed by atoms with van der Waals surface area (Å²) in [4.78, 5) is 21.0. The van der Waals surface area contributed by atoms with E-state index in [1.807, 2.05) is 84.0 Å². The predicted octanol–water partition coefficient (Wildman–Crippen LogP) is 9.59. The molecule has 0 spiro atoms. The second-order valence-corrected chi connectivity index (χ2v) is 25.4. The molecule has 5 heterocycles. The maximum atomic E-state index is 15.0. The Morgan fingerprint density at radius 1 is 0.741 bits per heavy atom. The molecule has 8 atom stereocenters. The zero-order valence-electron chi connectivity index (χ0n) is 46.2. The van der Waals surface area contributed by atoms with Crippen LogP contribution in [0.25, 0.3) is 22.5 Å². The number of fused-ring (bicyclic) bond motifs is 6. The normalized spacial score (nSPS) is 30.0. The largest absolute Gasteiger partial charge is 2.00 e. The Hall–Kier alpha value is -4.30. The minimum Gasteiger partial charge on any atom is -1.00 e. The molecular formula is C66H71BrF2IMgN5O5. The van der Waals surface area contributed by atoms with E-state index in [-0.39, 0.29) is 98.3 Å². The third kappa shape index (κ3) is 11.5. The first-order valence-corrected chi connectivity index (χ1v) is 29.6. The first-order valence-electron chi connectivity index (χ1n) is 28.5. The van der Waals surface area contributed by atoms with E-state index in [1.54, 1.807) is 43.2 Å². The molecular weight excluding hydrogens is 1210 g/mol. The first-order chi connectivity index (χ1) is 38.2. The maximum Gasteiger partial charge on any atom is 2.00 e. The van der Waals surface area contributed by atoms with E-state index >= 15 is 0 Å². The SMILES string of the molecule is C#Cc1cccc(I)c1.C1CCOC1.C[CH-]C.N#Cc1cccc(C2(O)C3CC4CC2CC(C(O)CC2c5c(F)cccc5-c5cncn52)(C4)C3)c1.O=C1C2CC3CC1CC(C(O)CC1c4c(F)cccc4-c4cncn41)(C3)C2.[Br-].[Mg+2]. The number of Topliss-reactive ketones (excluding diaryl/α,β-unsaturated/α-hetero) is 1. The summed E-state index contributed by atoms with van der Waals surface area (Å²) in [7, 11) is 0. The number of hydrogen-bond donors (Lipinski definition) is 3. The van der Waals surface area contributed by atoms with Gasteiger partial charge >= 0.3 is 23.1 Å². The van der Waals surface area contributed by atoms with Crippen LogP contribution in [-0.4, -0.2) is 88.7 Å². The number of carbonyl (C=O) groups excluding carboxylic acids is 1. The van der Waals surface area contributed by atoms with Crippen LogP contribution < -0.4 is 17.0 Å². The molecule has 8 unspecified atom stereocenters. The molecule has 9 fully saturated rings. The zero-order valence-corrected chi connectivity index (χ0v) is 51.4. The van der Waals surface area contributed by atoms with Gasteiger partial charge in [-0.25, -0.2) is 18.7 Å². The van der Waals surface area contributed by atoms with Crippen LogP contribution in [0.15, 0.2) is 110 Å². The number of benzene rings is 4. The molecule has 8 saturated carbocycles. The number of nitrogens with zero attached hydrogens (tertiary/aromatic N) is 5. The van der Waals surface area contributed by atoms with Crippen LogP contribution in [0.2, 0.25) is 0 Å². The number of nitriles is 1. The van der Waals surface area contributed by atoms with Gasteiger partial charge in [0.05, 0.1) is 78.0 Å². The van der Waals surface area contributed by atoms with Crippen LogP contribution in [0.5, 0.6) is 0 Å². The van der Waals surface area contributed by atoms with Gasteiger partial charge in [-0.2, -0.15) is 19.1 Å². The molecule has 0 radical (unpaired) electrons. The fourth-order valence-electron chi connectivity index (χ4n) is 16.5. The summed E-state index contributed by atoms with van der Waals surface area (Å²) in [6.45, 7) is 6.00. The molecule has 3 aliphatic heterocycles. The minimum atomic E-state index is -0.962. The molecule has 4 aromatic carbocycles. The van der Waals surface area contributed by atoms with Crippen molar-refractivity contribution in [1.29, 1.82) is 5.26 Å². The quantitative estimate of drug-likeness (QED) is 0.0621. The number of hydrogen-bond acceptors (Lipinski definition) is 8. The van der Waals surface area contributed by atoms with Gasteiger partial charge in [0.2, 0.25) is 0 Å². The van der Waals surface area contributed by atoms with Crippen LogP contribution in [0.3, 0.4) is 0 Å². The maximum absolute atomic E-state index is 15.0. The third-order valence-corrected chi connectivity index (χ3v) is 20.1. The summed E-state index contributed by atoms with van der Waals surface area (Å²) in [5.41, 5.74) is 5.83. The van der Waals surface area contributed by atoms with Crippen molar-refractivity contribution in [2.45, 2.75) is 134 Å². The number of ether oxygens (including phenoxy) is 1. The minimum absolute atomic E-state index is 0. The van der Waals surface area contributed by atoms with Crippen molar-refractivity contribution in [3.63, 3.8) is 0 Å². The number of terminal acetylenes is 1. The van der Waals surface area contributed by atoms with Gasteiger partial charge < -0.3 is 52.6 Å². The molecule has 81 heavy (non-hydrogen) atoms. The predicted molar refractivity (Wildman–Crippen MR) is 313 cm³/mol. The number of ketones is 1. The summed E-state index contributed by atoms with van der Waals surface area (Å²) in [5.74, 6) is 3.99. The number of imidazole rings is 2. The molecule has 8 bridgehead atoms. The Labute approximate surface area is 516 Å². The van der Waals surface area contributed by atoms with E-state index in [9.17, 15) is 34.2 Å². The van der Waals surface area contributed by atoms with E-state index in [0.29, 0.717) is 47.2 Å². The first kappa shape index (κ1) is 61.3. The summed E-state index contributed by atoms with van der Waals surface area (Å²) in [5, 5.41) is 44.6. The number of aromatic nitrogens is 4. The molecule has 420 valence electrons. The Kier molecular flexibility index (Phi) is 19.3. The number of halogens is 4. The molecule has 3 N–H and O–H groups in total. The molecule has 6 aromatic rings. The van der Waals surface area contributed by atoms with E-state index in [2.05, 4.69) is 44.5 Å². The van der Waals surface area contributed by atoms with Crippen molar-refractivity contribution in [2.24, 2.45) is 46.3 Å². The van der Waals surface area contributed by atoms with Crippen LogP contribution >= 0.6 is 22.6 Å². The number of carbonyl (C=O) groups is 1. The van der Waals surface area contributed by atoms with E-state index in [0.717, 1.165) is 111 Å². The van der Waals surface area contributed by atoms with E-state index in [4.69, 9.17) is 11.2 Å². The van der Waals surface area contributed by atoms with Crippen molar-refractivity contribution < 1.29 is 50.6 Å². The summed E-state index contributed by atoms with van der Waals surface area (Å²) >= 11 is 2.23. The van der Waals surface area contributed by atoms with Gasteiger partial charge in [0.25, 0.3) is 0 Å². The van der Waals surface area contributed by atoms with Gasteiger partial charge in [-0.1, -0.05) is 48.4 Å². The Balaban J connectivity index is 0.000000151. The van der Waals surface area contributed by atoms with E-state index in [1.165, 1.54) is 28.5 Å². The van der Waals surface area contributed by atoms with Crippen molar-refractivity contribution >= 4 is 51.4 Å². The van der Waals surface area contributed by atoms with Crippen molar-refractivity contribution in [2.75, 3.05) is 13.2 Å². The van der Waals surface area contributed by atoms with Crippen LogP contribution in [0.1, 0.15) is 144 Å². The number of aliphatic hydroxyl groups is 3. The van der Waals surface area contributed by atoms with Crippen molar-refractivity contribution in [1.82, 2.24) is 19.1 Å². The van der Waals surface area contributed by atoms with Crippen LogP contribution in [0, 0.1) is 91.6 Å². The van der Waals surface area contributed by atoms with Crippen LogP contribution in [-0.2, 0) is 15.1 Å². The second-order valence-electron chi connectivity index (χ2n) is 24.2. The molecule has 11 aliphatic rings. The standard InChI is InChI=1S/C29H28FN3O2.C22H23FN2O2.C8H5I.C4H8O.C3H7.BrH.Mg/c30-23-6-2-5-22-25-15-32-16-33(25)24(27(22)23)10-26(34)28-11-18-8-20(12-28)29(35,21(9-18)13-28)19-4-1-3-17(7-19)14-31;23-16-3-1-2-15-18-10-24-11-25(18)17(20(15)16)6-19(26)22-7-12-4-13(8-22)21(27)14(5-12)9-22;1-2-7-4-3-5-8(9)6-7;1-2-4-5-3-1;1-3-2;;/h1-7,15-16,18,20-21,24,26,34-35H,8-13H2;1-3,10-14,17,19,26H,4-9H2;1,3-6H;1-4H2;3H,1-2H3;1H;/q;;;;-1;;+2/p-1. The average molecular weight is 1280 g/mol. The molecule has 15 heteroatoms. The van der Waals surface area contributed by atoms with Gasteiger partial charge in [0.1, 0.15) is 17.4 Å². The number of rotatable bonds is 7. The van der Waals surface area contributed by atoms with Gasteiger partial charge in [-0.3, -0.25) is 4.79 Å². The van der Waals surface area contributed by atoms with E-state index < -0.39 is 17.8 Å².